The van der Waals surface area contributed by atoms with Crippen molar-refractivity contribution in [1.29, 1.82) is 0 Å². The Kier molecular flexibility index (Phi) is 4.66. The molecule has 1 saturated heterocycles. The Morgan fingerprint density at radius 3 is 2.70 bits per heavy atom. The van der Waals surface area contributed by atoms with Gasteiger partial charge >= 0.3 is 0 Å². The Labute approximate surface area is 128 Å². The van der Waals surface area contributed by atoms with Crippen molar-refractivity contribution in [1.82, 2.24) is 5.32 Å². The number of hydrogen-bond acceptors (Lipinski definition) is 2. The normalized spacial score (nSPS) is 27.1. The SMILES string of the molecule is CCC1(C)CN(c2ccc(C)c(Cl)c2)C(C(C)C)CN1. The molecule has 0 saturated carbocycles. The predicted octanol–water partition coefficient (Wildman–Crippen LogP) is 4.25. The molecule has 0 bridgehead atoms. The van der Waals surface area contributed by atoms with Crippen LogP contribution < -0.4 is 10.2 Å². The highest BCUT2D eigenvalue weighted by molar-refractivity contribution is 6.31. The van der Waals surface area contributed by atoms with Crippen molar-refractivity contribution < 1.29 is 0 Å². The summed E-state index contributed by atoms with van der Waals surface area (Å²) >= 11 is 6.32. The molecule has 1 heterocycles. The molecule has 1 N–H and O–H groups in total. The summed E-state index contributed by atoms with van der Waals surface area (Å²) in [6.45, 7) is 13.3. The lowest BCUT2D eigenvalue weighted by molar-refractivity contribution is 0.253. The molecule has 2 nitrogen and oxygen atoms in total. The minimum absolute atomic E-state index is 0.183. The summed E-state index contributed by atoms with van der Waals surface area (Å²) < 4.78 is 0. The summed E-state index contributed by atoms with van der Waals surface area (Å²) in [5.74, 6) is 0.615. The fourth-order valence-corrected chi connectivity index (χ4v) is 3.06. The van der Waals surface area contributed by atoms with Crippen LogP contribution in [0.3, 0.4) is 0 Å². The van der Waals surface area contributed by atoms with E-state index in [4.69, 9.17) is 11.6 Å². The first kappa shape index (κ1) is 15.7. The van der Waals surface area contributed by atoms with Crippen LogP contribution in [-0.4, -0.2) is 24.7 Å². The molecule has 20 heavy (non-hydrogen) atoms. The van der Waals surface area contributed by atoms with Gasteiger partial charge in [-0.3, -0.25) is 0 Å². The fourth-order valence-electron chi connectivity index (χ4n) is 2.89. The molecule has 1 aliphatic rings. The average Bonchev–Trinajstić information content (AvgIpc) is 2.41. The number of nitrogens with one attached hydrogen (secondary N) is 1. The molecule has 1 aromatic carbocycles. The molecule has 112 valence electrons. The molecule has 2 rings (SSSR count). The fraction of sp³-hybridized carbons (Fsp3) is 0.647. The number of nitrogens with zero attached hydrogens (tertiary/aromatic N) is 1. The zero-order chi connectivity index (χ0) is 14.9. The average molecular weight is 295 g/mol. The summed E-state index contributed by atoms with van der Waals surface area (Å²) in [5, 5.41) is 4.59. The molecule has 0 aliphatic carbocycles. The smallest absolute Gasteiger partial charge is 0.0455 e. The third-order valence-electron chi connectivity index (χ3n) is 4.69. The second-order valence-electron chi connectivity index (χ2n) is 6.67. The van der Waals surface area contributed by atoms with Gasteiger partial charge in [0.25, 0.3) is 0 Å². The van der Waals surface area contributed by atoms with Gasteiger partial charge in [-0.1, -0.05) is 38.4 Å². The van der Waals surface area contributed by atoms with Gasteiger partial charge in [-0.15, -0.1) is 0 Å². The van der Waals surface area contributed by atoms with Crippen molar-refractivity contribution in [2.24, 2.45) is 5.92 Å². The maximum atomic E-state index is 6.32. The van der Waals surface area contributed by atoms with Crippen LogP contribution >= 0.6 is 11.6 Å². The van der Waals surface area contributed by atoms with Crippen LogP contribution in [0.4, 0.5) is 5.69 Å². The van der Waals surface area contributed by atoms with Gasteiger partial charge in [-0.05, 0) is 43.9 Å². The first-order valence-corrected chi connectivity index (χ1v) is 8.02. The van der Waals surface area contributed by atoms with Gasteiger partial charge < -0.3 is 10.2 Å². The van der Waals surface area contributed by atoms with Gasteiger partial charge in [0.15, 0.2) is 0 Å². The maximum Gasteiger partial charge on any atom is 0.0455 e. The van der Waals surface area contributed by atoms with E-state index < -0.39 is 0 Å². The molecule has 3 heteroatoms. The van der Waals surface area contributed by atoms with E-state index in [0.717, 1.165) is 30.1 Å². The Bertz CT molecular complexity index is 472. The van der Waals surface area contributed by atoms with Crippen molar-refractivity contribution in [2.45, 2.75) is 52.6 Å². The van der Waals surface area contributed by atoms with E-state index in [9.17, 15) is 0 Å². The second-order valence-corrected chi connectivity index (χ2v) is 7.08. The van der Waals surface area contributed by atoms with Gasteiger partial charge in [0.2, 0.25) is 0 Å². The standard InChI is InChI=1S/C17H27ClN2/c1-6-17(5)11-20(16(10-19-17)12(2)3)14-8-7-13(4)15(18)9-14/h7-9,12,16,19H,6,10-11H2,1-5H3. The van der Waals surface area contributed by atoms with Gasteiger partial charge in [0.1, 0.15) is 0 Å². The molecule has 1 aromatic rings. The summed E-state index contributed by atoms with van der Waals surface area (Å²) in [6.07, 6.45) is 1.13. The Hall–Kier alpha value is -0.730. The van der Waals surface area contributed by atoms with Crippen molar-refractivity contribution in [2.75, 3.05) is 18.0 Å². The largest absolute Gasteiger partial charge is 0.365 e. The maximum absolute atomic E-state index is 6.32. The lowest BCUT2D eigenvalue weighted by atomic mass is 9.89. The van der Waals surface area contributed by atoms with Crippen LogP contribution in [0.2, 0.25) is 5.02 Å². The molecule has 0 amide bonds. The zero-order valence-corrected chi connectivity index (χ0v) is 14.1. The highest BCUT2D eigenvalue weighted by atomic mass is 35.5. The van der Waals surface area contributed by atoms with Crippen LogP contribution in [0.15, 0.2) is 18.2 Å². The summed E-state index contributed by atoms with van der Waals surface area (Å²) in [7, 11) is 0. The molecule has 0 radical (unpaired) electrons. The zero-order valence-electron chi connectivity index (χ0n) is 13.3. The third kappa shape index (κ3) is 3.12. The van der Waals surface area contributed by atoms with Crippen molar-refractivity contribution >= 4 is 17.3 Å². The van der Waals surface area contributed by atoms with E-state index in [1.54, 1.807) is 0 Å². The van der Waals surface area contributed by atoms with E-state index in [1.165, 1.54) is 5.69 Å². The molecule has 1 aliphatic heterocycles. The second kappa shape index (κ2) is 5.95. The van der Waals surface area contributed by atoms with Crippen molar-refractivity contribution in [3.63, 3.8) is 0 Å². The minimum Gasteiger partial charge on any atom is -0.365 e. The van der Waals surface area contributed by atoms with Gasteiger partial charge in [0, 0.05) is 35.4 Å². The van der Waals surface area contributed by atoms with Crippen LogP contribution in [0.5, 0.6) is 0 Å². The number of aryl methyl sites for hydroxylation is 1. The number of anilines is 1. The molecule has 2 atom stereocenters. The van der Waals surface area contributed by atoms with Gasteiger partial charge in [0.05, 0.1) is 0 Å². The third-order valence-corrected chi connectivity index (χ3v) is 5.10. The van der Waals surface area contributed by atoms with Gasteiger partial charge in [-0.2, -0.15) is 0 Å². The Balaban J connectivity index is 2.33. The van der Waals surface area contributed by atoms with Crippen molar-refractivity contribution in [3.8, 4) is 0 Å². The number of halogens is 1. The predicted molar refractivity (Wildman–Crippen MR) is 88.9 cm³/mol. The highest BCUT2D eigenvalue weighted by Crippen LogP contribution is 2.31. The topological polar surface area (TPSA) is 15.3 Å². The number of piperazine rings is 1. The quantitative estimate of drug-likeness (QED) is 0.896. The van der Waals surface area contributed by atoms with Crippen LogP contribution in [0.25, 0.3) is 0 Å². The first-order chi connectivity index (χ1) is 9.36. The highest BCUT2D eigenvalue weighted by Gasteiger charge is 2.35. The van der Waals surface area contributed by atoms with Crippen LogP contribution in [0, 0.1) is 12.8 Å². The van der Waals surface area contributed by atoms with Crippen LogP contribution in [-0.2, 0) is 0 Å². The van der Waals surface area contributed by atoms with E-state index in [-0.39, 0.29) is 5.54 Å². The monoisotopic (exact) mass is 294 g/mol. The number of hydrogen-bond donors (Lipinski definition) is 1. The molecule has 2 unspecified atom stereocenters. The lowest BCUT2D eigenvalue weighted by Gasteiger charge is -2.48. The first-order valence-electron chi connectivity index (χ1n) is 7.64. The molecule has 0 spiro atoms. The summed E-state index contributed by atoms with van der Waals surface area (Å²) in [4.78, 5) is 2.54. The number of benzene rings is 1. The summed E-state index contributed by atoms with van der Waals surface area (Å²) in [6, 6.07) is 6.97. The van der Waals surface area contributed by atoms with E-state index >= 15 is 0 Å². The minimum atomic E-state index is 0.183. The summed E-state index contributed by atoms with van der Waals surface area (Å²) in [5.41, 5.74) is 2.58. The molecule has 0 aromatic heterocycles. The van der Waals surface area contributed by atoms with Crippen molar-refractivity contribution in [3.05, 3.63) is 28.8 Å². The lowest BCUT2D eigenvalue weighted by Crippen LogP contribution is -2.64. The molecule has 1 fully saturated rings. The van der Waals surface area contributed by atoms with Gasteiger partial charge in [-0.25, -0.2) is 0 Å². The van der Waals surface area contributed by atoms with E-state index in [0.29, 0.717) is 12.0 Å². The van der Waals surface area contributed by atoms with E-state index in [1.807, 2.05) is 0 Å². The van der Waals surface area contributed by atoms with Crippen LogP contribution in [0.1, 0.15) is 39.7 Å². The Morgan fingerprint density at radius 1 is 1.45 bits per heavy atom. The number of rotatable bonds is 3. The molecular weight excluding hydrogens is 268 g/mol. The molecular formula is C17H27ClN2. The Morgan fingerprint density at radius 2 is 2.15 bits per heavy atom. The van der Waals surface area contributed by atoms with E-state index in [2.05, 4.69) is 63.0 Å².